The van der Waals surface area contributed by atoms with Crippen LogP contribution in [0.25, 0.3) is 0 Å². The van der Waals surface area contributed by atoms with Crippen molar-refractivity contribution >= 4 is 11.9 Å². The van der Waals surface area contributed by atoms with Crippen LogP contribution in [0.3, 0.4) is 0 Å². The van der Waals surface area contributed by atoms with Gasteiger partial charge in [-0.2, -0.15) is 0 Å². The first-order valence-electron chi connectivity index (χ1n) is 7.25. The maximum absolute atomic E-state index is 11.9. The van der Waals surface area contributed by atoms with Crippen molar-refractivity contribution in [3.63, 3.8) is 0 Å². The smallest absolute Gasteiger partial charge is 0.308 e. The highest BCUT2D eigenvalue weighted by Crippen LogP contribution is 2.24. The summed E-state index contributed by atoms with van der Waals surface area (Å²) in [6.07, 6.45) is 4.95. The van der Waals surface area contributed by atoms with E-state index in [1.165, 1.54) is 10.6 Å². The maximum atomic E-state index is 11.9. The summed E-state index contributed by atoms with van der Waals surface area (Å²) in [5.41, 5.74) is -0.147. The average Bonchev–Trinajstić information content (AvgIpc) is 2.47. The number of hydrogen-bond acceptors (Lipinski definition) is 3. The molecule has 1 saturated carbocycles. The molecular weight excluding hydrogens is 272 g/mol. The van der Waals surface area contributed by atoms with E-state index in [0.717, 1.165) is 12.8 Å². The van der Waals surface area contributed by atoms with Gasteiger partial charge >= 0.3 is 5.97 Å². The third kappa shape index (κ3) is 4.18. The van der Waals surface area contributed by atoms with Crippen LogP contribution in [-0.2, 0) is 16.1 Å². The first kappa shape index (κ1) is 15.3. The van der Waals surface area contributed by atoms with Crippen molar-refractivity contribution in [2.45, 2.75) is 44.7 Å². The number of pyridine rings is 1. The standard InChI is InChI=1S/C15H20N2O4/c18-13(8-10-17-9-4-3-7-14(17)19)16-12-6-2-1-5-11(12)15(20)21/h3-4,7,9,11-12H,1-2,5-6,8,10H2,(H,16,18)(H,20,21)/t11-,12+/m1/s1. The lowest BCUT2D eigenvalue weighted by Gasteiger charge is -2.29. The van der Waals surface area contributed by atoms with Crippen LogP contribution in [-0.4, -0.2) is 27.6 Å². The molecule has 0 saturated heterocycles. The van der Waals surface area contributed by atoms with Crippen LogP contribution in [0.1, 0.15) is 32.1 Å². The molecule has 0 spiro atoms. The van der Waals surface area contributed by atoms with Gasteiger partial charge < -0.3 is 15.0 Å². The Labute approximate surface area is 122 Å². The van der Waals surface area contributed by atoms with Gasteiger partial charge in [0.15, 0.2) is 0 Å². The molecule has 1 aliphatic rings. The molecular formula is C15H20N2O4. The topological polar surface area (TPSA) is 88.4 Å². The summed E-state index contributed by atoms with van der Waals surface area (Å²) in [4.78, 5) is 34.6. The number of hydrogen-bond donors (Lipinski definition) is 2. The van der Waals surface area contributed by atoms with Gasteiger partial charge in [0.05, 0.1) is 5.92 Å². The molecule has 1 heterocycles. The summed E-state index contributed by atoms with van der Waals surface area (Å²) in [5.74, 6) is -1.55. The van der Waals surface area contributed by atoms with Gasteiger partial charge in [-0.1, -0.05) is 18.9 Å². The van der Waals surface area contributed by atoms with E-state index in [2.05, 4.69) is 5.32 Å². The molecule has 2 N–H and O–H groups in total. The van der Waals surface area contributed by atoms with Gasteiger partial charge in [-0.15, -0.1) is 0 Å². The second-order valence-electron chi connectivity index (χ2n) is 5.39. The second kappa shape index (κ2) is 7.06. The van der Waals surface area contributed by atoms with Crippen molar-refractivity contribution in [1.29, 1.82) is 0 Å². The van der Waals surface area contributed by atoms with E-state index < -0.39 is 11.9 Å². The number of amides is 1. The molecule has 0 aliphatic heterocycles. The Balaban J connectivity index is 1.88. The summed E-state index contributed by atoms with van der Waals surface area (Å²) in [5, 5.41) is 12.0. The molecule has 2 rings (SSSR count). The number of carboxylic acid groups (broad SMARTS) is 1. The SMILES string of the molecule is O=C(CCn1ccccc1=O)N[C@H]1CCCC[C@H]1C(=O)O. The number of aliphatic carboxylic acids is 1. The number of carbonyl (C=O) groups is 2. The van der Waals surface area contributed by atoms with Crippen LogP contribution < -0.4 is 10.9 Å². The molecule has 6 heteroatoms. The molecule has 114 valence electrons. The predicted molar refractivity (Wildman–Crippen MR) is 76.8 cm³/mol. The third-order valence-corrected chi connectivity index (χ3v) is 3.91. The van der Waals surface area contributed by atoms with Gasteiger partial charge in [-0.25, -0.2) is 0 Å². The lowest BCUT2D eigenvalue weighted by atomic mass is 9.84. The van der Waals surface area contributed by atoms with Gasteiger partial charge in [0.1, 0.15) is 0 Å². The molecule has 1 fully saturated rings. The zero-order valence-electron chi connectivity index (χ0n) is 11.8. The van der Waals surface area contributed by atoms with Crippen LogP contribution in [0.5, 0.6) is 0 Å². The number of nitrogens with one attached hydrogen (secondary N) is 1. The summed E-state index contributed by atoms with van der Waals surface area (Å²) < 4.78 is 1.47. The Morgan fingerprint density at radius 1 is 1.29 bits per heavy atom. The van der Waals surface area contributed by atoms with Crippen molar-refractivity contribution in [1.82, 2.24) is 9.88 Å². The van der Waals surface area contributed by atoms with E-state index in [9.17, 15) is 14.4 Å². The van der Waals surface area contributed by atoms with Crippen LogP contribution in [0.15, 0.2) is 29.2 Å². The molecule has 0 bridgehead atoms. The fourth-order valence-electron chi connectivity index (χ4n) is 2.75. The molecule has 2 atom stereocenters. The van der Waals surface area contributed by atoms with E-state index in [-0.39, 0.29) is 23.9 Å². The lowest BCUT2D eigenvalue weighted by Crippen LogP contribution is -2.45. The molecule has 1 aliphatic carbocycles. The van der Waals surface area contributed by atoms with Gasteiger partial charge in [0, 0.05) is 31.3 Å². The summed E-state index contributed by atoms with van der Waals surface area (Å²) >= 11 is 0. The Bertz CT molecular complexity index is 567. The molecule has 1 amide bonds. The fraction of sp³-hybridized carbons (Fsp3) is 0.533. The normalized spacial score (nSPS) is 21.7. The first-order valence-corrected chi connectivity index (χ1v) is 7.25. The average molecular weight is 292 g/mol. The van der Waals surface area contributed by atoms with Crippen molar-refractivity contribution in [2.24, 2.45) is 5.92 Å². The minimum atomic E-state index is -0.848. The molecule has 21 heavy (non-hydrogen) atoms. The highest BCUT2D eigenvalue weighted by Gasteiger charge is 2.31. The Morgan fingerprint density at radius 2 is 2.05 bits per heavy atom. The molecule has 0 unspecified atom stereocenters. The highest BCUT2D eigenvalue weighted by atomic mass is 16.4. The zero-order chi connectivity index (χ0) is 15.2. The number of carbonyl (C=O) groups excluding carboxylic acids is 1. The molecule has 0 radical (unpaired) electrons. The fourth-order valence-corrected chi connectivity index (χ4v) is 2.75. The van der Waals surface area contributed by atoms with E-state index in [1.807, 2.05) is 0 Å². The summed E-state index contributed by atoms with van der Waals surface area (Å²) in [6, 6.07) is 4.54. The van der Waals surface area contributed by atoms with E-state index in [0.29, 0.717) is 19.4 Å². The van der Waals surface area contributed by atoms with Gasteiger partial charge in [0.2, 0.25) is 5.91 Å². The minimum absolute atomic E-state index is 0.147. The highest BCUT2D eigenvalue weighted by molar-refractivity contribution is 5.78. The Kier molecular flexibility index (Phi) is 5.14. The predicted octanol–water partition coefficient (Wildman–Crippen LogP) is 0.998. The van der Waals surface area contributed by atoms with Crippen LogP contribution in [0.2, 0.25) is 0 Å². The van der Waals surface area contributed by atoms with E-state index in [4.69, 9.17) is 5.11 Å². The number of carboxylic acids is 1. The number of nitrogens with zero attached hydrogens (tertiary/aromatic N) is 1. The quantitative estimate of drug-likeness (QED) is 0.847. The van der Waals surface area contributed by atoms with Crippen LogP contribution in [0.4, 0.5) is 0 Å². The zero-order valence-corrected chi connectivity index (χ0v) is 11.8. The number of rotatable bonds is 5. The van der Waals surface area contributed by atoms with Crippen molar-refractivity contribution in [3.05, 3.63) is 34.7 Å². The Morgan fingerprint density at radius 3 is 2.76 bits per heavy atom. The lowest BCUT2D eigenvalue weighted by molar-refractivity contribution is -0.144. The maximum Gasteiger partial charge on any atom is 0.308 e. The number of aromatic nitrogens is 1. The van der Waals surface area contributed by atoms with Crippen LogP contribution >= 0.6 is 0 Å². The first-order chi connectivity index (χ1) is 10.1. The minimum Gasteiger partial charge on any atom is -0.481 e. The summed E-state index contributed by atoms with van der Waals surface area (Å²) in [7, 11) is 0. The van der Waals surface area contributed by atoms with Crippen molar-refractivity contribution < 1.29 is 14.7 Å². The van der Waals surface area contributed by atoms with Crippen molar-refractivity contribution in [2.75, 3.05) is 0 Å². The molecule has 1 aromatic heterocycles. The van der Waals surface area contributed by atoms with Gasteiger partial charge in [-0.05, 0) is 18.9 Å². The van der Waals surface area contributed by atoms with E-state index >= 15 is 0 Å². The molecule has 6 nitrogen and oxygen atoms in total. The molecule has 0 aromatic carbocycles. The number of aryl methyl sites for hydroxylation is 1. The monoisotopic (exact) mass is 292 g/mol. The Hall–Kier alpha value is -2.11. The molecule has 1 aromatic rings. The van der Waals surface area contributed by atoms with Gasteiger partial charge in [-0.3, -0.25) is 14.4 Å². The largest absolute Gasteiger partial charge is 0.481 e. The van der Waals surface area contributed by atoms with Crippen LogP contribution in [0, 0.1) is 5.92 Å². The van der Waals surface area contributed by atoms with Crippen molar-refractivity contribution in [3.8, 4) is 0 Å². The summed E-state index contributed by atoms with van der Waals surface area (Å²) in [6.45, 7) is 0.302. The second-order valence-corrected chi connectivity index (χ2v) is 5.39. The van der Waals surface area contributed by atoms with E-state index in [1.54, 1.807) is 18.3 Å². The van der Waals surface area contributed by atoms with Gasteiger partial charge in [0.25, 0.3) is 5.56 Å². The third-order valence-electron chi connectivity index (χ3n) is 3.91.